The van der Waals surface area contributed by atoms with Gasteiger partial charge < -0.3 is 49.3 Å². The van der Waals surface area contributed by atoms with E-state index >= 15 is 0 Å². The van der Waals surface area contributed by atoms with E-state index in [0.717, 1.165) is 13.2 Å². The van der Waals surface area contributed by atoms with Crippen LogP contribution in [0.1, 0.15) is 81.8 Å². The summed E-state index contributed by atoms with van der Waals surface area (Å²) < 4.78 is 22.3. The number of phenolic OH excluding ortho intramolecular Hbond substituents is 2. The van der Waals surface area contributed by atoms with Crippen LogP contribution in [0, 0.1) is 6.92 Å². The third-order valence-electron chi connectivity index (χ3n) is 10.4. The fourth-order valence-electron chi connectivity index (χ4n) is 8.04. The standard InChI is InChI=1S/C36H34N2O17/c1-12-6-14-7-20(42)36(53-5)33(49)24-16(32(48)35(36,50)25(14)29(47)22(12)19(41)10-39)8-15-23(28(24)46)18(40)9-17(27(15)45)37-34-31(52-4)26(38-54-11-21(43)44)30(51-3)13(2)55-34/h6,8,10,13,20,30-31,34,42,46-47,50H,7,9,11H2,1-5H3,(H,43,44). The van der Waals surface area contributed by atoms with Crippen molar-refractivity contribution in [3.8, 4) is 11.5 Å². The maximum Gasteiger partial charge on any atom is 0.344 e. The number of aliphatic hydroxyl groups excluding tert-OH is 1. The number of rotatable bonds is 9. The molecule has 1 fully saturated rings. The van der Waals surface area contributed by atoms with Crippen molar-refractivity contribution < 1.29 is 82.9 Å². The Bertz CT molecular complexity index is 2170. The zero-order valence-corrected chi connectivity index (χ0v) is 29.8. The number of aliphatic hydroxyl groups is 2. The van der Waals surface area contributed by atoms with E-state index in [1.807, 2.05) is 0 Å². The summed E-state index contributed by atoms with van der Waals surface area (Å²) in [6, 6.07) is 2.02. The van der Waals surface area contributed by atoms with Crippen LogP contribution < -0.4 is 0 Å². The molecule has 6 rings (SSSR count). The normalized spacial score (nSPS) is 30.1. The molecule has 7 unspecified atom stereocenters. The fraction of sp³-hybridized carbons (Fsp3) is 0.417. The van der Waals surface area contributed by atoms with Gasteiger partial charge in [0.05, 0.1) is 41.0 Å². The van der Waals surface area contributed by atoms with Gasteiger partial charge >= 0.3 is 5.97 Å². The number of carboxylic acid groups (broad SMARTS) is 1. The third-order valence-corrected chi connectivity index (χ3v) is 10.4. The number of carboxylic acids is 1. The lowest BCUT2D eigenvalue weighted by atomic mass is 9.56. The highest BCUT2D eigenvalue weighted by Crippen LogP contribution is 2.56. The number of phenols is 2. The van der Waals surface area contributed by atoms with E-state index in [9.17, 15) is 54.0 Å². The SMILES string of the molecule is COC1C(=NOCC(=O)O)C(OC)C(N=C2CC(=O)c3c(cc4c(c3O)C(=O)C3(OC)C(O)Cc5cc(C)c(C(=O)C=O)c(O)c5C3(O)C4=O)C2=O)OC1C. The van der Waals surface area contributed by atoms with Gasteiger partial charge in [0.2, 0.25) is 29.7 Å². The number of hydrogen-bond donors (Lipinski definition) is 5. The maximum absolute atomic E-state index is 14.6. The molecule has 4 aliphatic rings. The number of aldehydes is 1. The minimum absolute atomic E-state index is 0.00595. The predicted molar refractivity (Wildman–Crippen MR) is 181 cm³/mol. The first-order chi connectivity index (χ1) is 26.0. The second kappa shape index (κ2) is 13.9. The highest BCUT2D eigenvalue weighted by molar-refractivity contribution is 6.53. The Kier molecular flexibility index (Phi) is 9.91. The number of aromatic hydroxyl groups is 2. The number of hydrogen-bond acceptors (Lipinski definition) is 18. The second-order valence-corrected chi connectivity index (χ2v) is 13.3. The number of aryl methyl sites for hydroxylation is 1. The fourth-order valence-corrected chi connectivity index (χ4v) is 8.04. The number of aliphatic imine (C=N–C) groups is 1. The van der Waals surface area contributed by atoms with Crippen molar-refractivity contribution in [2.24, 2.45) is 10.1 Å². The molecule has 19 heteroatoms. The number of fused-ring (bicyclic) bond motifs is 5. The van der Waals surface area contributed by atoms with E-state index in [-0.39, 0.29) is 23.1 Å². The number of Topliss-reactive ketones (excluding diaryl/α,β-unsaturated/α-hetero) is 5. The summed E-state index contributed by atoms with van der Waals surface area (Å²) in [4.78, 5) is 101. The lowest BCUT2D eigenvalue weighted by Gasteiger charge is -2.53. The van der Waals surface area contributed by atoms with E-state index < -0.39 is 147 Å². The Morgan fingerprint density at radius 1 is 1.00 bits per heavy atom. The van der Waals surface area contributed by atoms with Gasteiger partial charge in [0.15, 0.2) is 29.5 Å². The number of carbonyl (C=O) groups excluding carboxylic acids is 6. The van der Waals surface area contributed by atoms with Gasteiger partial charge in [0.25, 0.3) is 0 Å². The number of nitrogens with zero attached hydrogens (tertiary/aromatic N) is 2. The summed E-state index contributed by atoms with van der Waals surface area (Å²) in [6.07, 6.45) is -7.82. The van der Waals surface area contributed by atoms with E-state index in [0.29, 0.717) is 0 Å². The van der Waals surface area contributed by atoms with Crippen molar-refractivity contribution in [3.05, 3.63) is 56.6 Å². The molecule has 290 valence electrons. The smallest absolute Gasteiger partial charge is 0.344 e. The van der Waals surface area contributed by atoms with Crippen molar-refractivity contribution in [1.82, 2.24) is 0 Å². The van der Waals surface area contributed by atoms with E-state index in [2.05, 4.69) is 10.1 Å². The molecule has 0 bridgehead atoms. The first-order valence-corrected chi connectivity index (χ1v) is 16.5. The molecule has 2 aromatic rings. The largest absolute Gasteiger partial charge is 0.507 e. The molecule has 0 aromatic heterocycles. The summed E-state index contributed by atoms with van der Waals surface area (Å²) >= 11 is 0. The topological polar surface area (TPSA) is 292 Å². The van der Waals surface area contributed by atoms with Crippen LogP contribution in [0.25, 0.3) is 0 Å². The summed E-state index contributed by atoms with van der Waals surface area (Å²) in [5.74, 6) is -9.57. The molecule has 55 heavy (non-hydrogen) atoms. The summed E-state index contributed by atoms with van der Waals surface area (Å²) in [5, 5.41) is 59.6. The van der Waals surface area contributed by atoms with Crippen LogP contribution in [-0.4, -0.2) is 142 Å². The van der Waals surface area contributed by atoms with Gasteiger partial charge in [-0.05, 0) is 31.0 Å². The molecule has 7 atom stereocenters. The number of ketones is 5. The lowest BCUT2D eigenvalue weighted by Crippen LogP contribution is -2.73. The van der Waals surface area contributed by atoms with Crippen LogP contribution in [-0.2, 0) is 45.4 Å². The van der Waals surface area contributed by atoms with Crippen molar-refractivity contribution in [3.63, 3.8) is 0 Å². The van der Waals surface area contributed by atoms with Crippen molar-refractivity contribution in [1.29, 1.82) is 0 Å². The zero-order valence-electron chi connectivity index (χ0n) is 29.8. The van der Waals surface area contributed by atoms with Crippen LogP contribution >= 0.6 is 0 Å². The number of benzene rings is 2. The molecule has 2 aromatic carbocycles. The van der Waals surface area contributed by atoms with Crippen molar-refractivity contribution in [2.75, 3.05) is 27.9 Å². The Morgan fingerprint density at radius 3 is 2.27 bits per heavy atom. The van der Waals surface area contributed by atoms with Crippen LogP contribution in [0.2, 0.25) is 0 Å². The Hall–Kier alpha value is -5.57. The molecule has 1 aliphatic heterocycles. The highest BCUT2D eigenvalue weighted by Gasteiger charge is 2.72. The molecule has 1 saturated heterocycles. The van der Waals surface area contributed by atoms with Crippen molar-refractivity contribution >= 4 is 52.6 Å². The van der Waals surface area contributed by atoms with Gasteiger partial charge in [-0.15, -0.1) is 0 Å². The first-order valence-electron chi connectivity index (χ1n) is 16.5. The van der Waals surface area contributed by atoms with Gasteiger partial charge in [-0.3, -0.25) is 33.8 Å². The van der Waals surface area contributed by atoms with E-state index in [1.165, 1.54) is 27.2 Å². The number of aliphatic carboxylic acids is 1. The first kappa shape index (κ1) is 39.1. The highest BCUT2D eigenvalue weighted by atomic mass is 16.6. The van der Waals surface area contributed by atoms with Crippen LogP contribution in [0.15, 0.2) is 22.3 Å². The molecule has 0 amide bonds. The Labute approximate surface area is 310 Å². The third kappa shape index (κ3) is 5.45. The summed E-state index contributed by atoms with van der Waals surface area (Å²) in [5.41, 5.74) is -11.1. The summed E-state index contributed by atoms with van der Waals surface area (Å²) in [7, 11) is 3.42. The van der Waals surface area contributed by atoms with Gasteiger partial charge in [-0.25, -0.2) is 4.79 Å². The lowest BCUT2D eigenvalue weighted by molar-refractivity contribution is -0.181. The van der Waals surface area contributed by atoms with Crippen LogP contribution in [0.5, 0.6) is 11.5 Å². The predicted octanol–water partition coefficient (Wildman–Crippen LogP) is -0.201. The Balaban J connectivity index is 1.51. The number of methoxy groups -OCH3 is 3. The number of oxime groups is 1. The van der Waals surface area contributed by atoms with Gasteiger partial charge in [-0.2, -0.15) is 0 Å². The number of carbonyl (C=O) groups is 7. The molecule has 0 spiro atoms. The molecule has 0 saturated carbocycles. The molecule has 1 heterocycles. The zero-order chi connectivity index (χ0) is 40.5. The van der Waals surface area contributed by atoms with Gasteiger partial charge in [0.1, 0.15) is 29.4 Å². The number of ether oxygens (including phenoxy) is 4. The average molecular weight is 767 g/mol. The molecule has 5 N–H and O–H groups in total. The minimum atomic E-state index is -3.33. The monoisotopic (exact) mass is 766 g/mol. The second-order valence-electron chi connectivity index (χ2n) is 13.3. The van der Waals surface area contributed by atoms with Crippen LogP contribution in [0.4, 0.5) is 0 Å². The van der Waals surface area contributed by atoms with Gasteiger partial charge in [0, 0.05) is 44.4 Å². The minimum Gasteiger partial charge on any atom is -0.507 e. The molecule has 19 nitrogen and oxygen atoms in total. The molecule has 0 radical (unpaired) electrons. The van der Waals surface area contributed by atoms with Crippen molar-refractivity contribution in [2.45, 2.75) is 68.5 Å². The molecule has 3 aliphatic carbocycles. The van der Waals surface area contributed by atoms with E-state index in [1.54, 1.807) is 6.92 Å². The van der Waals surface area contributed by atoms with Gasteiger partial charge in [-0.1, -0.05) is 11.2 Å². The quantitative estimate of drug-likeness (QED) is 0.0955. The molecular formula is C36H34N2O17. The Morgan fingerprint density at radius 2 is 1.67 bits per heavy atom. The van der Waals surface area contributed by atoms with Crippen LogP contribution in [0.3, 0.4) is 0 Å². The maximum atomic E-state index is 14.6. The average Bonchev–Trinajstić information content (AvgIpc) is 3.12. The summed E-state index contributed by atoms with van der Waals surface area (Å²) in [6.45, 7) is 2.09. The molecular weight excluding hydrogens is 732 g/mol. The van der Waals surface area contributed by atoms with E-state index in [4.69, 9.17) is 28.9 Å².